The Morgan fingerprint density at radius 1 is 1.38 bits per heavy atom. The van der Waals surface area contributed by atoms with Crippen LogP contribution in [0.25, 0.3) is 0 Å². The molecule has 0 radical (unpaired) electrons. The molecule has 0 fully saturated rings. The minimum atomic E-state index is -1.38. The van der Waals surface area contributed by atoms with Crippen molar-refractivity contribution in [1.29, 1.82) is 0 Å². The smallest absolute Gasteiger partial charge is 0.146 e. The molecule has 0 aliphatic rings. The van der Waals surface area contributed by atoms with Crippen molar-refractivity contribution in [2.45, 2.75) is 6.10 Å². The van der Waals surface area contributed by atoms with Gasteiger partial charge < -0.3 is 5.11 Å². The molecule has 0 amide bonds. The molecule has 1 heterocycles. The molecule has 0 saturated carbocycles. The first-order valence-electron chi connectivity index (χ1n) is 4.32. The number of hydrogen-bond acceptors (Lipinski definition) is 3. The number of rotatable bonds is 2. The van der Waals surface area contributed by atoms with Crippen LogP contribution in [-0.2, 0) is 0 Å². The number of aromatic nitrogens is 1. The molecule has 1 N–H and O–H groups in total. The van der Waals surface area contributed by atoms with Crippen molar-refractivity contribution >= 4 is 27.3 Å². The fourth-order valence-corrected chi connectivity index (χ4v) is 2.26. The Balaban J connectivity index is 2.52. The van der Waals surface area contributed by atoms with Crippen molar-refractivity contribution in [1.82, 2.24) is 4.98 Å². The van der Waals surface area contributed by atoms with E-state index in [0.29, 0.717) is 0 Å². The maximum atomic E-state index is 13.6. The number of hydrogen-bond donors (Lipinski definition) is 1. The fraction of sp³-hybridized carbons (Fsp3) is 0.100. The third-order valence-electron chi connectivity index (χ3n) is 2.04. The second-order valence-electron chi connectivity index (χ2n) is 3.03. The predicted molar refractivity (Wildman–Crippen MR) is 60.2 cm³/mol. The van der Waals surface area contributed by atoms with Gasteiger partial charge in [0.25, 0.3) is 0 Å². The molecule has 0 saturated heterocycles. The van der Waals surface area contributed by atoms with E-state index in [0.717, 1.165) is 17.4 Å². The first kappa shape index (κ1) is 11.6. The van der Waals surface area contributed by atoms with E-state index in [1.165, 1.54) is 12.3 Å². The Morgan fingerprint density at radius 2 is 2.12 bits per heavy atom. The predicted octanol–water partition coefficient (Wildman–Crippen LogP) is 3.27. The highest BCUT2D eigenvalue weighted by Gasteiger charge is 2.23. The van der Waals surface area contributed by atoms with Crippen LogP contribution < -0.4 is 0 Å². The molecule has 1 unspecified atom stereocenters. The number of halogens is 3. The van der Waals surface area contributed by atoms with Gasteiger partial charge in [-0.15, -0.1) is 11.3 Å². The van der Waals surface area contributed by atoms with Crippen molar-refractivity contribution < 1.29 is 13.9 Å². The van der Waals surface area contributed by atoms with Crippen LogP contribution in [0.5, 0.6) is 0 Å². The summed E-state index contributed by atoms with van der Waals surface area (Å²) in [5.74, 6) is -1.59. The molecule has 2 rings (SSSR count). The van der Waals surface area contributed by atoms with Gasteiger partial charge in [0.05, 0.1) is 10.0 Å². The van der Waals surface area contributed by atoms with Crippen molar-refractivity contribution in [2.75, 3.05) is 0 Å². The zero-order chi connectivity index (χ0) is 11.7. The molecule has 0 spiro atoms. The normalized spacial score (nSPS) is 12.8. The highest BCUT2D eigenvalue weighted by atomic mass is 79.9. The van der Waals surface area contributed by atoms with E-state index in [4.69, 9.17) is 0 Å². The van der Waals surface area contributed by atoms with Crippen LogP contribution in [0.15, 0.2) is 28.2 Å². The number of benzene rings is 1. The summed E-state index contributed by atoms with van der Waals surface area (Å²) in [6.07, 6.45) is 0.0919. The van der Waals surface area contributed by atoms with Crippen LogP contribution in [0.1, 0.15) is 16.7 Å². The van der Waals surface area contributed by atoms with Gasteiger partial charge in [0.2, 0.25) is 0 Å². The number of aliphatic hydroxyl groups excluding tert-OH is 1. The molecule has 1 aromatic carbocycles. The second-order valence-corrected chi connectivity index (χ2v) is 4.81. The summed E-state index contributed by atoms with van der Waals surface area (Å²) < 4.78 is 27.2. The summed E-state index contributed by atoms with van der Waals surface area (Å²) in [6.45, 7) is 0. The number of nitrogens with zero attached hydrogens (tertiary/aromatic N) is 1. The van der Waals surface area contributed by atoms with Gasteiger partial charge in [-0.25, -0.2) is 13.8 Å². The fourth-order valence-electron chi connectivity index (χ4n) is 1.29. The van der Waals surface area contributed by atoms with Gasteiger partial charge in [-0.1, -0.05) is 0 Å². The van der Waals surface area contributed by atoms with E-state index in [-0.39, 0.29) is 15.0 Å². The van der Waals surface area contributed by atoms with Crippen LogP contribution in [0.2, 0.25) is 0 Å². The monoisotopic (exact) mass is 305 g/mol. The van der Waals surface area contributed by atoms with E-state index < -0.39 is 17.7 Å². The third kappa shape index (κ3) is 2.00. The second kappa shape index (κ2) is 4.57. The van der Waals surface area contributed by atoms with Crippen molar-refractivity contribution in [2.24, 2.45) is 0 Å². The van der Waals surface area contributed by atoms with Gasteiger partial charge in [0.15, 0.2) is 0 Å². The number of thiazole rings is 1. The first-order valence-corrected chi connectivity index (χ1v) is 5.99. The Labute approximate surface area is 103 Å². The van der Waals surface area contributed by atoms with Crippen LogP contribution >= 0.6 is 27.3 Å². The van der Waals surface area contributed by atoms with E-state index in [1.54, 1.807) is 5.38 Å². The quantitative estimate of drug-likeness (QED) is 0.864. The Kier molecular flexibility index (Phi) is 3.32. The summed E-state index contributed by atoms with van der Waals surface area (Å²) in [6, 6.07) is 2.35. The van der Waals surface area contributed by atoms with E-state index in [9.17, 15) is 13.9 Å². The van der Waals surface area contributed by atoms with Gasteiger partial charge in [-0.05, 0) is 28.1 Å². The summed E-state index contributed by atoms with van der Waals surface area (Å²) in [5.41, 5.74) is -0.385. The maximum absolute atomic E-state index is 13.6. The highest BCUT2D eigenvalue weighted by Crippen LogP contribution is 2.31. The minimum Gasteiger partial charge on any atom is -0.381 e. The lowest BCUT2D eigenvalue weighted by Crippen LogP contribution is -2.06. The van der Waals surface area contributed by atoms with Gasteiger partial charge in [0, 0.05) is 11.6 Å². The van der Waals surface area contributed by atoms with Crippen LogP contribution in [0.3, 0.4) is 0 Å². The van der Waals surface area contributed by atoms with Crippen molar-refractivity contribution in [3.8, 4) is 0 Å². The molecular weight excluding hydrogens is 300 g/mol. The average Bonchev–Trinajstić information content (AvgIpc) is 2.77. The summed E-state index contributed by atoms with van der Waals surface area (Å²) in [7, 11) is 0. The van der Waals surface area contributed by atoms with E-state index in [2.05, 4.69) is 20.9 Å². The van der Waals surface area contributed by atoms with Crippen molar-refractivity contribution in [3.05, 3.63) is 50.4 Å². The largest absolute Gasteiger partial charge is 0.381 e. The summed E-state index contributed by atoms with van der Waals surface area (Å²) in [4.78, 5) is 3.82. The zero-order valence-electron chi connectivity index (χ0n) is 7.82. The van der Waals surface area contributed by atoms with Crippen LogP contribution in [0, 0.1) is 11.6 Å². The number of aliphatic hydroxyl groups is 1. The molecule has 2 nitrogen and oxygen atoms in total. The van der Waals surface area contributed by atoms with Gasteiger partial charge >= 0.3 is 0 Å². The molecule has 1 aromatic heterocycles. The topological polar surface area (TPSA) is 33.1 Å². The molecule has 16 heavy (non-hydrogen) atoms. The Hall–Kier alpha value is -0.850. The Bertz CT molecular complexity index is 504. The lowest BCUT2D eigenvalue weighted by Gasteiger charge is -2.11. The lowest BCUT2D eigenvalue weighted by molar-refractivity contribution is 0.208. The summed E-state index contributed by atoms with van der Waals surface area (Å²) >= 11 is 4.08. The van der Waals surface area contributed by atoms with Gasteiger partial charge in [0.1, 0.15) is 22.7 Å². The molecule has 6 heteroatoms. The molecule has 2 aromatic rings. The van der Waals surface area contributed by atoms with Crippen LogP contribution in [0.4, 0.5) is 8.78 Å². The average molecular weight is 306 g/mol. The van der Waals surface area contributed by atoms with E-state index >= 15 is 0 Å². The Morgan fingerprint density at radius 3 is 2.75 bits per heavy atom. The molecule has 84 valence electrons. The van der Waals surface area contributed by atoms with Gasteiger partial charge in [-0.3, -0.25) is 0 Å². The molecule has 1 atom stereocenters. The lowest BCUT2D eigenvalue weighted by atomic mass is 10.1. The molecule has 0 bridgehead atoms. The van der Waals surface area contributed by atoms with Crippen LogP contribution in [-0.4, -0.2) is 10.1 Å². The minimum absolute atomic E-state index is 0.111. The zero-order valence-corrected chi connectivity index (χ0v) is 10.2. The summed E-state index contributed by atoms with van der Waals surface area (Å²) in [5, 5.41) is 11.7. The molecule has 0 aliphatic heterocycles. The van der Waals surface area contributed by atoms with Gasteiger partial charge in [-0.2, -0.15) is 0 Å². The van der Waals surface area contributed by atoms with E-state index in [1.807, 2.05) is 0 Å². The maximum Gasteiger partial charge on any atom is 0.146 e. The highest BCUT2D eigenvalue weighted by molar-refractivity contribution is 9.10. The SMILES string of the molecule is OC(c1nccs1)c1c(F)ccc(Br)c1F. The standard InChI is InChI=1S/C10H6BrF2NOS/c11-5-1-2-6(12)7(8(5)13)9(15)10-14-3-4-16-10/h1-4,9,15H. The first-order chi connectivity index (χ1) is 7.61. The van der Waals surface area contributed by atoms with Crippen molar-refractivity contribution in [3.63, 3.8) is 0 Å². The molecular formula is C10H6BrF2NOS. The third-order valence-corrected chi connectivity index (χ3v) is 3.48. The molecule has 0 aliphatic carbocycles.